The average Bonchev–Trinajstić information content (AvgIpc) is 3.02. The van der Waals surface area contributed by atoms with E-state index in [9.17, 15) is 4.79 Å². The number of rotatable bonds is 6. The Morgan fingerprint density at radius 1 is 1.00 bits per heavy atom. The fourth-order valence-electron chi connectivity index (χ4n) is 2.38. The van der Waals surface area contributed by atoms with E-state index in [-0.39, 0.29) is 5.91 Å². The molecule has 134 valence electrons. The molecule has 26 heavy (non-hydrogen) atoms. The number of hydrogen-bond donors (Lipinski definition) is 2. The number of hydrogen-bond acceptors (Lipinski definition) is 5. The molecule has 0 amide bonds. The van der Waals surface area contributed by atoms with E-state index in [4.69, 9.17) is 23.2 Å². The first-order chi connectivity index (χ1) is 12.5. The minimum Gasteiger partial charge on any atom is -0.350 e. The molecule has 6 nitrogen and oxygen atoms in total. The van der Waals surface area contributed by atoms with E-state index in [1.54, 1.807) is 6.07 Å². The van der Waals surface area contributed by atoms with Gasteiger partial charge in [0.15, 0.2) is 0 Å². The molecule has 0 spiro atoms. The number of benzene rings is 2. The fourth-order valence-corrected chi connectivity index (χ4v) is 2.80. The van der Waals surface area contributed by atoms with Gasteiger partial charge in [0.1, 0.15) is 0 Å². The molecule has 0 saturated heterocycles. The van der Waals surface area contributed by atoms with Gasteiger partial charge >= 0.3 is 0 Å². The van der Waals surface area contributed by atoms with Crippen LogP contribution in [0.25, 0.3) is 0 Å². The monoisotopic (exact) mass is 389 g/mol. The van der Waals surface area contributed by atoms with Gasteiger partial charge in [-0.2, -0.15) is 9.67 Å². The molecule has 3 rings (SSSR count). The lowest BCUT2D eigenvalue weighted by Crippen LogP contribution is -2.13. The minimum absolute atomic E-state index is 0.234. The molecule has 0 radical (unpaired) electrons. The zero-order valence-electron chi connectivity index (χ0n) is 14.0. The van der Waals surface area contributed by atoms with Gasteiger partial charge in [-0.05, 0) is 35.4 Å². The first-order valence-corrected chi connectivity index (χ1v) is 8.71. The minimum atomic E-state index is -0.234. The van der Waals surface area contributed by atoms with Crippen molar-refractivity contribution in [1.29, 1.82) is 0 Å². The zero-order valence-corrected chi connectivity index (χ0v) is 15.6. The van der Waals surface area contributed by atoms with Crippen molar-refractivity contribution in [2.24, 2.45) is 0 Å². The second-order valence-corrected chi connectivity index (χ2v) is 6.53. The van der Waals surface area contributed by atoms with Gasteiger partial charge in [0.25, 0.3) is 0 Å². The highest BCUT2D eigenvalue weighted by molar-refractivity contribution is 6.30. The second-order valence-electron chi connectivity index (χ2n) is 5.66. The van der Waals surface area contributed by atoms with Gasteiger partial charge in [-0.3, -0.25) is 4.79 Å². The lowest BCUT2D eigenvalue weighted by molar-refractivity contribution is 0.0924. The summed E-state index contributed by atoms with van der Waals surface area (Å²) in [4.78, 5) is 16.2. The topological polar surface area (TPSA) is 71.8 Å². The highest BCUT2D eigenvalue weighted by Gasteiger charge is 2.13. The van der Waals surface area contributed by atoms with Gasteiger partial charge in [-0.1, -0.05) is 47.5 Å². The van der Waals surface area contributed by atoms with Crippen molar-refractivity contribution < 1.29 is 4.79 Å². The second kappa shape index (κ2) is 8.21. The van der Waals surface area contributed by atoms with Crippen LogP contribution in [0.2, 0.25) is 10.0 Å². The zero-order chi connectivity index (χ0) is 18.5. The van der Waals surface area contributed by atoms with E-state index >= 15 is 0 Å². The molecule has 1 heterocycles. The summed E-state index contributed by atoms with van der Waals surface area (Å²) in [7, 11) is 0. The van der Waals surface area contributed by atoms with E-state index in [1.807, 2.05) is 42.5 Å². The molecule has 1 aromatic heterocycles. The molecular weight excluding hydrogens is 373 g/mol. The van der Waals surface area contributed by atoms with Crippen molar-refractivity contribution in [3.8, 4) is 0 Å². The molecule has 8 heteroatoms. The van der Waals surface area contributed by atoms with Crippen LogP contribution in [0.3, 0.4) is 0 Å². The Kier molecular flexibility index (Phi) is 5.75. The van der Waals surface area contributed by atoms with Gasteiger partial charge in [0, 0.05) is 30.1 Å². The van der Waals surface area contributed by atoms with Gasteiger partial charge < -0.3 is 10.6 Å². The maximum Gasteiger partial charge on any atom is 0.247 e. The quantitative estimate of drug-likeness (QED) is 0.650. The summed E-state index contributed by atoms with van der Waals surface area (Å²) in [5, 5.41) is 11.7. The van der Waals surface area contributed by atoms with Crippen LogP contribution in [-0.2, 0) is 13.1 Å². The smallest absolute Gasteiger partial charge is 0.247 e. The number of nitrogens with one attached hydrogen (secondary N) is 2. The molecule has 0 fully saturated rings. The van der Waals surface area contributed by atoms with E-state index in [0.717, 1.165) is 11.1 Å². The first kappa shape index (κ1) is 18.2. The van der Waals surface area contributed by atoms with Crippen LogP contribution in [0.1, 0.15) is 22.8 Å². The predicted octanol–water partition coefficient (Wildman–Crippen LogP) is 4.47. The molecular formula is C18H17Cl2N5O. The van der Waals surface area contributed by atoms with E-state index < -0.39 is 0 Å². The number of carbonyl (C=O) groups excluding carboxylic acids is 1. The van der Waals surface area contributed by atoms with Crippen molar-refractivity contribution in [2.75, 3.05) is 10.6 Å². The van der Waals surface area contributed by atoms with Crippen LogP contribution in [0.5, 0.6) is 0 Å². The maximum absolute atomic E-state index is 11.8. The van der Waals surface area contributed by atoms with Gasteiger partial charge in [-0.25, -0.2) is 0 Å². The third-order valence-corrected chi connectivity index (χ3v) is 4.05. The van der Waals surface area contributed by atoms with Crippen molar-refractivity contribution in [3.05, 3.63) is 69.7 Å². The normalized spacial score (nSPS) is 10.6. The molecule has 0 saturated carbocycles. The number of nitrogens with zero attached hydrogens (tertiary/aromatic N) is 3. The van der Waals surface area contributed by atoms with Crippen LogP contribution < -0.4 is 10.6 Å². The summed E-state index contributed by atoms with van der Waals surface area (Å²) in [5.74, 6) is 0.488. The van der Waals surface area contributed by atoms with E-state index in [2.05, 4.69) is 20.7 Å². The van der Waals surface area contributed by atoms with Crippen LogP contribution in [0.4, 0.5) is 11.9 Å². The van der Waals surface area contributed by atoms with E-state index in [0.29, 0.717) is 35.0 Å². The van der Waals surface area contributed by atoms with Crippen LogP contribution in [0.15, 0.2) is 48.5 Å². The fraction of sp³-hybridized carbons (Fsp3) is 0.167. The van der Waals surface area contributed by atoms with E-state index in [1.165, 1.54) is 11.6 Å². The summed E-state index contributed by atoms with van der Waals surface area (Å²) in [5.41, 5.74) is 1.97. The van der Waals surface area contributed by atoms with Gasteiger partial charge in [-0.15, -0.1) is 5.10 Å². The highest BCUT2D eigenvalue weighted by atomic mass is 35.5. The Labute approximate surface area is 161 Å². The molecule has 0 aliphatic carbocycles. The molecule has 0 atom stereocenters. The average molecular weight is 390 g/mol. The third-order valence-electron chi connectivity index (χ3n) is 3.58. The van der Waals surface area contributed by atoms with Crippen molar-refractivity contribution in [2.45, 2.75) is 20.0 Å². The SMILES string of the molecule is CC(=O)n1nc(NCc2cccc(Cl)c2)nc1NCc1cccc(Cl)c1. The van der Waals surface area contributed by atoms with Crippen molar-refractivity contribution >= 4 is 41.0 Å². The first-order valence-electron chi connectivity index (χ1n) is 7.96. The summed E-state index contributed by atoms with van der Waals surface area (Å²) in [6, 6.07) is 14.9. The summed E-state index contributed by atoms with van der Waals surface area (Å²) in [6.45, 7) is 2.40. The molecule has 2 aromatic carbocycles. The highest BCUT2D eigenvalue weighted by Crippen LogP contribution is 2.15. The Bertz CT molecular complexity index is 925. The summed E-state index contributed by atoms with van der Waals surface area (Å²) < 4.78 is 1.23. The Hall–Kier alpha value is -2.57. The Morgan fingerprint density at radius 3 is 2.12 bits per heavy atom. The Morgan fingerprint density at radius 2 is 1.58 bits per heavy atom. The number of halogens is 2. The largest absolute Gasteiger partial charge is 0.350 e. The van der Waals surface area contributed by atoms with Crippen LogP contribution in [0, 0.1) is 0 Å². The lowest BCUT2D eigenvalue weighted by atomic mass is 10.2. The van der Waals surface area contributed by atoms with Crippen LogP contribution in [-0.4, -0.2) is 20.7 Å². The molecule has 2 N–H and O–H groups in total. The molecule has 0 unspecified atom stereocenters. The number of carbonyl (C=O) groups is 1. The standard InChI is InChI=1S/C18H17Cl2N5O/c1-12(26)25-18(22-11-14-5-3-7-16(20)9-14)23-17(24-25)21-10-13-4-2-6-15(19)8-13/h2-9H,10-11H2,1H3,(H2,21,22,23,24). The summed E-state index contributed by atoms with van der Waals surface area (Å²) in [6.07, 6.45) is 0. The Balaban J connectivity index is 1.70. The molecule has 0 aliphatic heterocycles. The van der Waals surface area contributed by atoms with Gasteiger partial charge in [0.05, 0.1) is 0 Å². The van der Waals surface area contributed by atoms with Crippen molar-refractivity contribution in [3.63, 3.8) is 0 Å². The lowest BCUT2D eigenvalue weighted by Gasteiger charge is -2.05. The summed E-state index contributed by atoms with van der Waals surface area (Å²) >= 11 is 12.0. The van der Waals surface area contributed by atoms with Crippen LogP contribution >= 0.6 is 23.2 Å². The third kappa shape index (κ3) is 4.74. The molecule has 0 aliphatic rings. The van der Waals surface area contributed by atoms with Crippen molar-refractivity contribution in [1.82, 2.24) is 14.8 Å². The maximum atomic E-state index is 11.8. The molecule has 0 bridgehead atoms. The predicted molar refractivity (Wildman–Crippen MR) is 104 cm³/mol. The van der Waals surface area contributed by atoms with Gasteiger partial charge in [0.2, 0.25) is 17.8 Å². The number of aromatic nitrogens is 3. The molecule has 3 aromatic rings. The number of anilines is 2.